The molecule has 2 aliphatic heterocycles. The number of amides is 2. The van der Waals surface area contributed by atoms with Gasteiger partial charge in [-0.25, -0.2) is 0 Å². The zero-order valence-corrected chi connectivity index (χ0v) is 15.7. The molecule has 2 atom stereocenters. The second kappa shape index (κ2) is 8.44. The van der Waals surface area contributed by atoms with Gasteiger partial charge in [0.1, 0.15) is 17.4 Å². The number of rotatable bonds is 6. The molecule has 2 aromatic rings. The van der Waals surface area contributed by atoms with Crippen LogP contribution in [0.4, 0.5) is 5.69 Å². The lowest BCUT2D eigenvalue weighted by atomic mass is 10.1. The number of nitrogens with one attached hydrogen (secondary N) is 1. The zero-order chi connectivity index (χ0) is 19.3. The Kier molecular flexibility index (Phi) is 5.58. The first-order valence-corrected chi connectivity index (χ1v) is 9.74. The summed E-state index contributed by atoms with van der Waals surface area (Å²) < 4.78 is 11.3. The number of hydrogen-bond acceptors (Lipinski definition) is 4. The smallest absolute Gasteiger partial charge is 0.239 e. The molecule has 0 spiro atoms. The minimum Gasteiger partial charge on any atom is -0.457 e. The van der Waals surface area contributed by atoms with Crippen LogP contribution in [-0.4, -0.2) is 37.6 Å². The third kappa shape index (κ3) is 4.17. The molecule has 2 aliphatic rings. The van der Waals surface area contributed by atoms with E-state index in [2.05, 4.69) is 5.32 Å². The third-order valence-corrected chi connectivity index (χ3v) is 5.18. The SMILES string of the molecule is O=C(NCC1CCCO1)C1CCN(c2ccc(Oc3ccccc3)cc2)C1=O. The Labute approximate surface area is 164 Å². The molecule has 6 heteroatoms. The Morgan fingerprint density at radius 1 is 1.07 bits per heavy atom. The van der Waals surface area contributed by atoms with Crippen LogP contribution in [0, 0.1) is 5.92 Å². The molecule has 2 fully saturated rings. The van der Waals surface area contributed by atoms with Crippen molar-refractivity contribution in [3.05, 3.63) is 54.6 Å². The molecular weight excluding hydrogens is 356 g/mol. The fourth-order valence-electron chi connectivity index (χ4n) is 3.64. The molecule has 0 aromatic heterocycles. The van der Waals surface area contributed by atoms with Gasteiger partial charge in [-0.15, -0.1) is 0 Å². The van der Waals surface area contributed by atoms with Crippen LogP contribution in [0.5, 0.6) is 11.5 Å². The predicted molar refractivity (Wildman–Crippen MR) is 105 cm³/mol. The molecule has 0 bridgehead atoms. The van der Waals surface area contributed by atoms with Crippen molar-refractivity contribution < 1.29 is 19.1 Å². The van der Waals surface area contributed by atoms with Gasteiger partial charge >= 0.3 is 0 Å². The number of hydrogen-bond donors (Lipinski definition) is 1. The number of para-hydroxylation sites is 1. The van der Waals surface area contributed by atoms with E-state index in [0.717, 1.165) is 30.9 Å². The molecule has 2 aromatic carbocycles. The Balaban J connectivity index is 1.34. The lowest BCUT2D eigenvalue weighted by Crippen LogP contribution is -2.39. The summed E-state index contributed by atoms with van der Waals surface area (Å²) in [5, 5.41) is 2.87. The first-order valence-electron chi connectivity index (χ1n) is 9.74. The van der Waals surface area contributed by atoms with Crippen molar-refractivity contribution >= 4 is 17.5 Å². The van der Waals surface area contributed by atoms with Crippen molar-refractivity contribution in [1.29, 1.82) is 0 Å². The fraction of sp³-hybridized carbons (Fsp3) is 0.364. The van der Waals surface area contributed by atoms with Gasteiger partial charge in [0, 0.05) is 25.4 Å². The standard InChI is InChI=1S/C22H24N2O4/c25-21(23-15-19-7-4-14-27-19)20-12-13-24(22(20)26)16-8-10-18(11-9-16)28-17-5-2-1-3-6-17/h1-3,5-6,8-11,19-20H,4,7,12-15H2,(H,23,25). The summed E-state index contributed by atoms with van der Waals surface area (Å²) in [5.41, 5.74) is 0.778. The number of carbonyl (C=O) groups excluding carboxylic acids is 2. The average Bonchev–Trinajstić information content (AvgIpc) is 3.37. The number of ether oxygens (including phenoxy) is 2. The van der Waals surface area contributed by atoms with E-state index < -0.39 is 5.92 Å². The van der Waals surface area contributed by atoms with Crippen LogP contribution >= 0.6 is 0 Å². The monoisotopic (exact) mass is 380 g/mol. The molecule has 0 aliphatic carbocycles. The van der Waals surface area contributed by atoms with Gasteiger partial charge in [0.05, 0.1) is 6.10 Å². The van der Waals surface area contributed by atoms with Gasteiger partial charge in [0.2, 0.25) is 11.8 Å². The first-order chi connectivity index (χ1) is 13.7. The van der Waals surface area contributed by atoms with E-state index in [4.69, 9.17) is 9.47 Å². The van der Waals surface area contributed by atoms with Gasteiger partial charge in [-0.2, -0.15) is 0 Å². The lowest BCUT2D eigenvalue weighted by Gasteiger charge is -2.18. The highest BCUT2D eigenvalue weighted by atomic mass is 16.5. The minimum atomic E-state index is -0.623. The van der Waals surface area contributed by atoms with E-state index in [1.165, 1.54) is 0 Å². The van der Waals surface area contributed by atoms with E-state index in [-0.39, 0.29) is 17.9 Å². The highest BCUT2D eigenvalue weighted by Crippen LogP contribution is 2.29. The van der Waals surface area contributed by atoms with E-state index >= 15 is 0 Å². The maximum Gasteiger partial charge on any atom is 0.239 e. The molecule has 2 unspecified atom stereocenters. The Morgan fingerprint density at radius 3 is 2.54 bits per heavy atom. The van der Waals surface area contributed by atoms with Crippen LogP contribution in [0.15, 0.2) is 54.6 Å². The van der Waals surface area contributed by atoms with E-state index in [0.29, 0.717) is 25.3 Å². The van der Waals surface area contributed by atoms with E-state index in [1.54, 1.807) is 4.90 Å². The van der Waals surface area contributed by atoms with Crippen molar-refractivity contribution in [2.45, 2.75) is 25.4 Å². The molecule has 2 heterocycles. The number of nitrogens with zero attached hydrogens (tertiary/aromatic N) is 1. The Hall–Kier alpha value is -2.86. The highest BCUT2D eigenvalue weighted by Gasteiger charge is 2.37. The summed E-state index contributed by atoms with van der Waals surface area (Å²) in [6.07, 6.45) is 2.59. The summed E-state index contributed by atoms with van der Waals surface area (Å²) in [4.78, 5) is 26.8. The molecule has 4 rings (SSSR count). The molecule has 2 saturated heterocycles. The molecular formula is C22H24N2O4. The van der Waals surface area contributed by atoms with E-state index in [9.17, 15) is 9.59 Å². The molecule has 28 heavy (non-hydrogen) atoms. The topological polar surface area (TPSA) is 67.9 Å². The maximum absolute atomic E-state index is 12.7. The molecule has 1 N–H and O–H groups in total. The van der Waals surface area contributed by atoms with Gasteiger partial charge in [-0.05, 0) is 55.7 Å². The average molecular weight is 380 g/mol. The third-order valence-electron chi connectivity index (χ3n) is 5.18. The van der Waals surface area contributed by atoms with Crippen LogP contribution in [0.3, 0.4) is 0 Å². The normalized spacial score (nSPS) is 21.7. The minimum absolute atomic E-state index is 0.0775. The van der Waals surface area contributed by atoms with Gasteiger partial charge in [-0.1, -0.05) is 18.2 Å². The van der Waals surface area contributed by atoms with Crippen LogP contribution < -0.4 is 15.0 Å². The van der Waals surface area contributed by atoms with Crippen molar-refractivity contribution in [2.24, 2.45) is 5.92 Å². The first kappa shape index (κ1) is 18.5. The molecule has 6 nitrogen and oxygen atoms in total. The predicted octanol–water partition coefficient (Wildman–Crippen LogP) is 3.13. The second-order valence-electron chi connectivity index (χ2n) is 7.12. The number of benzene rings is 2. The van der Waals surface area contributed by atoms with Crippen molar-refractivity contribution in [2.75, 3.05) is 24.6 Å². The quantitative estimate of drug-likeness (QED) is 0.782. The number of carbonyl (C=O) groups is 2. The van der Waals surface area contributed by atoms with Crippen LogP contribution in [0.2, 0.25) is 0 Å². The van der Waals surface area contributed by atoms with Crippen LogP contribution in [0.25, 0.3) is 0 Å². The largest absolute Gasteiger partial charge is 0.457 e. The maximum atomic E-state index is 12.7. The van der Waals surface area contributed by atoms with Gasteiger partial charge in [0.25, 0.3) is 0 Å². The van der Waals surface area contributed by atoms with Gasteiger partial charge in [-0.3, -0.25) is 9.59 Å². The second-order valence-corrected chi connectivity index (χ2v) is 7.12. The van der Waals surface area contributed by atoms with Crippen molar-refractivity contribution in [3.63, 3.8) is 0 Å². The van der Waals surface area contributed by atoms with Crippen LogP contribution in [0.1, 0.15) is 19.3 Å². The molecule has 0 radical (unpaired) electrons. The molecule has 2 amide bonds. The molecule has 146 valence electrons. The van der Waals surface area contributed by atoms with Crippen molar-refractivity contribution in [3.8, 4) is 11.5 Å². The van der Waals surface area contributed by atoms with Crippen molar-refractivity contribution in [1.82, 2.24) is 5.32 Å². The highest BCUT2D eigenvalue weighted by molar-refractivity contribution is 6.09. The fourth-order valence-corrected chi connectivity index (χ4v) is 3.64. The summed E-state index contributed by atoms with van der Waals surface area (Å²) in [5.74, 6) is 0.484. The summed E-state index contributed by atoms with van der Waals surface area (Å²) in [7, 11) is 0. The zero-order valence-electron chi connectivity index (χ0n) is 15.7. The van der Waals surface area contributed by atoms with Gasteiger partial charge in [0.15, 0.2) is 0 Å². The summed E-state index contributed by atoms with van der Waals surface area (Å²) in [6.45, 7) is 1.77. The lowest BCUT2D eigenvalue weighted by molar-refractivity contribution is -0.132. The Bertz CT molecular complexity index is 816. The molecule has 0 saturated carbocycles. The van der Waals surface area contributed by atoms with E-state index in [1.807, 2.05) is 54.6 Å². The van der Waals surface area contributed by atoms with Gasteiger partial charge < -0.3 is 19.7 Å². The summed E-state index contributed by atoms with van der Waals surface area (Å²) >= 11 is 0. The van der Waals surface area contributed by atoms with Crippen LogP contribution in [-0.2, 0) is 14.3 Å². The Morgan fingerprint density at radius 2 is 1.82 bits per heavy atom. The number of anilines is 1. The summed E-state index contributed by atoms with van der Waals surface area (Å²) in [6, 6.07) is 16.9.